The van der Waals surface area contributed by atoms with Gasteiger partial charge in [-0.15, -0.1) is 11.6 Å². The highest BCUT2D eigenvalue weighted by Crippen LogP contribution is 2.35. The van der Waals surface area contributed by atoms with Gasteiger partial charge in [-0.2, -0.15) is 0 Å². The van der Waals surface area contributed by atoms with Gasteiger partial charge in [-0.1, -0.05) is 0 Å². The Labute approximate surface area is 110 Å². The average molecular weight is 261 g/mol. The number of hydrogen-bond donors (Lipinski definition) is 1. The van der Waals surface area contributed by atoms with Gasteiger partial charge in [-0.3, -0.25) is 4.90 Å². The molecule has 100 valence electrons. The van der Waals surface area contributed by atoms with E-state index in [1.165, 1.54) is 12.8 Å². The molecule has 0 aromatic carbocycles. The molecule has 1 N–H and O–H groups in total. The SMILES string of the molecule is CC(C)N1CCOC(CNCC(Cl)C2CC2)C1. The van der Waals surface area contributed by atoms with E-state index in [0.29, 0.717) is 17.5 Å². The molecule has 3 nitrogen and oxygen atoms in total. The zero-order valence-electron chi connectivity index (χ0n) is 11.0. The van der Waals surface area contributed by atoms with Gasteiger partial charge in [-0.25, -0.2) is 0 Å². The third kappa shape index (κ3) is 4.40. The Bertz CT molecular complexity index is 233. The minimum absolute atomic E-state index is 0.319. The topological polar surface area (TPSA) is 24.5 Å². The van der Waals surface area contributed by atoms with Crippen molar-refractivity contribution in [3.8, 4) is 0 Å². The summed E-state index contributed by atoms with van der Waals surface area (Å²) in [7, 11) is 0. The molecule has 0 aromatic heterocycles. The zero-order valence-corrected chi connectivity index (χ0v) is 11.7. The third-order valence-corrected chi connectivity index (χ3v) is 4.26. The van der Waals surface area contributed by atoms with Crippen molar-refractivity contribution in [2.75, 3.05) is 32.8 Å². The van der Waals surface area contributed by atoms with Crippen LogP contribution in [-0.2, 0) is 4.74 Å². The first-order valence-electron chi connectivity index (χ1n) is 6.87. The molecule has 1 aliphatic heterocycles. The van der Waals surface area contributed by atoms with Crippen LogP contribution in [0.3, 0.4) is 0 Å². The van der Waals surface area contributed by atoms with Crippen LogP contribution in [0.5, 0.6) is 0 Å². The van der Waals surface area contributed by atoms with Gasteiger partial charge in [0.2, 0.25) is 0 Å². The summed E-state index contributed by atoms with van der Waals surface area (Å²) in [5, 5.41) is 3.77. The van der Waals surface area contributed by atoms with Gasteiger partial charge in [0.15, 0.2) is 0 Å². The minimum atomic E-state index is 0.319. The zero-order chi connectivity index (χ0) is 12.3. The van der Waals surface area contributed by atoms with Crippen molar-refractivity contribution in [2.24, 2.45) is 5.92 Å². The molecular formula is C13H25ClN2O. The van der Waals surface area contributed by atoms with Gasteiger partial charge in [0, 0.05) is 37.6 Å². The molecule has 1 saturated carbocycles. The van der Waals surface area contributed by atoms with Crippen LogP contribution >= 0.6 is 11.6 Å². The van der Waals surface area contributed by atoms with Gasteiger partial charge >= 0.3 is 0 Å². The molecule has 0 bridgehead atoms. The highest BCUT2D eigenvalue weighted by atomic mass is 35.5. The van der Waals surface area contributed by atoms with Crippen molar-refractivity contribution in [3.63, 3.8) is 0 Å². The summed E-state index contributed by atoms with van der Waals surface area (Å²) in [4.78, 5) is 2.48. The van der Waals surface area contributed by atoms with E-state index in [0.717, 1.165) is 38.7 Å². The summed E-state index contributed by atoms with van der Waals surface area (Å²) in [6.45, 7) is 9.31. The van der Waals surface area contributed by atoms with Gasteiger partial charge in [0.25, 0.3) is 0 Å². The van der Waals surface area contributed by atoms with E-state index in [1.807, 2.05) is 0 Å². The summed E-state index contributed by atoms with van der Waals surface area (Å²) in [5.74, 6) is 0.767. The number of morpholine rings is 1. The molecule has 1 saturated heterocycles. The summed E-state index contributed by atoms with van der Waals surface area (Å²) in [6, 6.07) is 0.619. The van der Waals surface area contributed by atoms with Crippen molar-refractivity contribution in [1.82, 2.24) is 10.2 Å². The number of hydrogen-bond acceptors (Lipinski definition) is 3. The molecule has 2 fully saturated rings. The lowest BCUT2D eigenvalue weighted by molar-refractivity contribution is -0.0370. The van der Waals surface area contributed by atoms with E-state index in [1.54, 1.807) is 0 Å². The predicted octanol–water partition coefficient (Wildman–Crippen LogP) is 1.70. The summed E-state index contributed by atoms with van der Waals surface area (Å²) >= 11 is 6.26. The number of alkyl halides is 1. The third-order valence-electron chi connectivity index (χ3n) is 3.75. The fraction of sp³-hybridized carbons (Fsp3) is 1.00. The summed E-state index contributed by atoms with van der Waals surface area (Å²) in [5.41, 5.74) is 0. The van der Waals surface area contributed by atoms with Crippen molar-refractivity contribution in [3.05, 3.63) is 0 Å². The summed E-state index contributed by atoms with van der Waals surface area (Å²) in [6.07, 6.45) is 2.96. The maximum absolute atomic E-state index is 6.26. The highest BCUT2D eigenvalue weighted by Gasteiger charge is 2.29. The molecule has 17 heavy (non-hydrogen) atoms. The van der Waals surface area contributed by atoms with Gasteiger partial charge in [-0.05, 0) is 32.6 Å². The molecule has 1 heterocycles. The normalized spacial score (nSPS) is 28.6. The Kier molecular flexibility index (Phi) is 5.10. The molecule has 2 atom stereocenters. The number of rotatable bonds is 6. The maximum atomic E-state index is 6.26. The lowest BCUT2D eigenvalue weighted by Gasteiger charge is -2.35. The van der Waals surface area contributed by atoms with E-state index in [2.05, 4.69) is 24.1 Å². The van der Waals surface area contributed by atoms with E-state index in [4.69, 9.17) is 16.3 Å². The Balaban J connectivity index is 1.61. The molecule has 0 radical (unpaired) electrons. The second-order valence-corrected chi connectivity index (χ2v) is 6.15. The second kappa shape index (κ2) is 6.37. The van der Waals surface area contributed by atoms with Crippen LogP contribution < -0.4 is 5.32 Å². The first kappa shape index (κ1) is 13.6. The first-order chi connectivity index (χ1) is 8.16. The molecule has 0 amide bonds. The smallest absolute Gasteiger partial charge is 0.0826 e. The molecule has 0 aromatic rings. The predicted molar refractivity (Wildman–Crippen MR) is 71.7 cm³/mol. The fourth-order valence-electron chi connectivity index (χ4n) is 2.34. The highest BCUT2D eigenvalue weighted by molar-refractivity contribution is 6.21. The molecule has 4 heteroatoms. The van der Waals surface area contributed by atoms with Crippen LogP contribution in [-0.4, -0.2) is 55.2 Å². The van der Waals surface area contributed by atoms with Crippen molar-refractivity contribution < 1.29 is 4.74 Å². The average Bonchev–Trinajstić information content (AvgIpc) is 3.13. The van der Waals surface area contributed by atoms with Crippen molar-refractivity contribution in [1.29, 1.82) is 0 Å². The largest absolute Gasteiger partial charge is 0.374 e. The molecular weight excluding hydrogens is 236 g/mol. The first-order valence-corrected chi connectivity index (χ1v) is 7.31. The van der Waals surface area contributed by atoms with Crippen LogP contribution in [0.15, 0.2) is 0 Å². The molecule has 0 spiro atoms. The number of halogens is 1. The van der Waals surface area contributed by atoms with E-state index in [-0.39, 0.29) is 0 Å². The van der Waals surface area contributed by atoms with Crippen LogP contribution in [0.2, 0.25) is 0 Å². The molecule has 1 aliphatic carbocycles. The standard InChI is InChI=1S/C13H25ClN2O/c1-10(2)16-5-6-17-12(9-16)7-15-8-13(14)11-3-4-11/h10-13,15H,3-9H2,1-2H3. The lowest BCUT2D eigenvalue weighted by Crippen LogP contribution is -2.49. The number of nitrogens with one attached hydrogen (secondary N) is 1. The van der Waals surface area contributed by atoms with Crippen LogP contribution in [0.4, 0.5) is 0 Å². The van der Waals surface area contributed by atoms with Gasteiger partial charge < -0.3 is 10.1 Å². The van der Waals surface area contributed by atoms with E-state index < -0.39 is 0 Å². The molecule has 2 rings (SSSR count). The van der Waals surface area contributed by atoms with Crippen LogP contribution in [0, 0.1) is 5.92 Å². The van der Waals surface area contributed by atoms with Gasteiger partial charge in [0.1, 0.15) is 0 Å². The van der Waals surface area contributed by atoms with Crippen LogP contribution in [0.25, 0.3) is 0 Å². The van der Waals surface area contributed by atoms with Crippen molar-refractivity contribution >= 4 is 11.6 Å². The summed E-state index contributed by atoms with van der Waals surface area (Å²) < 4.78 is 5.77. The second-order valence-electron chi connectivity index (χ2n) is 5.59. The monoisotopic (exact) mass is 260 g/mol. The van der Waals surface area contributed by atoms with E-state index >= 15 is 0 Å². The number of nitrogens with zero attached hydrogens (tertiary/aromatic N) is 1. The lowest BCUT2D eigenvalue weighted by atomic mass is 10.2. The Morgan fingerprint density at radius 2 is 2.18 bits per heavy atom. The Morgan fingerprint density at radius 1 is 1.41 bits per heavy atom. The molecule has 2 unspecified atom stereocenters. The Morgan fingerprint density at radius 3 is 2.82 bits per heavy atom. The van der Waals surface area contributed by atoms with Crippen molar-refractivity contribution in [2.45, 2.75) is 44.2 Å². The Hall–Kier alpha value is 0.170. The minimum Gasteiger partial charge on any atom is -0.374 e. The number of ether oxygens (including phenoxy) is 1. The van der Waals surface area contributed by atoms with Crippen LogP contribution in [0.1, 0.15) is 26.7 Å². The fourth-order valence-corrected chi connectivity index (χ4v) is 2.70. The van der Waals surface area contributed by atoms with E-state index in [9.17, 15) is 0 Å². The maximum Gasteiger partial charge on any atom is 0.0826 e. The van der Waals surface area contributed by atoms with Gasteiger partial charge in [0.05, 0.1) is 12.7 Å². The molecule has 2 aliphatic rings. The quantitative estimate of drug-likeness (QED) is 0.736.